The van der Waals surface area contributed by atoms with Crippen molar-refractivity contribution >= 4 is 18.5 Å². The molecule has 0 radical (unpaired) electrons. The van der Waals surface area contributed by atoms with Crippen molar-refractivity contribution in [2.75, 3.05) is 12.8 Å². The largest absolute Gasteiger partial charge is 0.340 e. The summed E-state index contributed by atoms with van der Waals surface area (Å²) in [6.45, 7) is 0.563. The van der Waals surface area contributed by atoms with Gasteiger partial charge in [0.25, 0.3) is 0 Å². The van der Waals surface area contributed by atoms with Crippen LogP contribution in [0.4, 0.5) is 0 Å². The highest BCUT2D eigenvalue weighted by atomic mass is 32.1. The molecule has 0 aromatic carbocycles. The molecule has 4 heteroatoms. The molecule has 0 bridgehead atoms. The fourth-order valence-electron chi connectivity index (χ4n) is 1.11. The summed E-state index contributed by atoms with van der Waals surface area (Å²) in [7, 11) is 1.78. The Morgan fingerprint density at radius 1 is 1.57 bits per heavy atom. The van der Waals surface area contributed by atoms with Crippen LogP contribution in [0, 0.1) is 0 Å². The van der Waals surface area contributed by atoms with Gasteiger partial charge in [-0.3, -0.25) is 9.78 Å². The van der Waals surface area contributed by atoms with Crippen LogP contribution >= 0.6 is 12.6 Å². The van der Waals surface area contributed by atoms with E-state index in [1.54, 1.807) is 18.1 Å². The second kappa shape index (κ2) is 5.65. The second-order valence-electron chi connectivity index (χ2n) is 3.04. The minimum absolute atomic E-state index is 0.102. The van der Waals surface area contributed by atoms with Crippen LogP contribution in [0.15, 0.2) is 24.4 Å². The number of hydrogen-bond acceptors (Lipinski definition) is 3. The van der Waals surface area contributed by atoms with Gasteiger partial charge in [-0.05, 0) is 17.9 Å². The third kappa shape index (κ3) is 3.38. The molecule has 1 rings (SSSR count). The van der Waals surface area contributed by atoms with E-state index >= 15 is 0 Å². The lowest BCUT2D eigenvalue weighted by Gasteiger charge is -2.15. The summed E-state index contributed by atoms with van der Waals surface area (Å²) in [5, 5.41) is 0. The van der Waals surface area contributed by atoms with Crippen LogP contribution in [0.5, 0.6) is 0 Å². The molecule has 0 aliphatic rings. The number of amides is 1. The van der Waals surface area contributed by atoms with Crippen LogP contribution in [0.2, 0.25) is 0 Å². The van der Waals surface area contributed by atoms with Gasteiger partial charge in [-0.1, -0.05) is 6.07 Å². The average molecular weight is 210 g/mol. The lowest BCUT2D eigenvalue weighted by molar-refractivity contribution is -0.130. The summed E-state index contributed by atoms with van der Waals surface area (Å²) in [5.41, 5.74) is 0.905. The molecule has 0 saturated heterocycles. The highest BCUT2D eigenvalue weighted by Crippen LogP contribution is 2.01. The van der Waals surface area contributed by atoms with Crippen molar-refractivity contribution < 1.29 is 4.79 Å². The maximum Gasteiger partial charge on any atom is 0.223 e. The molecule has 1 heterocycles. The fourth-order valence-corrected chi connectivity index (χ4v) is 1.30. The average Bonchev–Trinajstić information content (AvgIpc) is 2.19. The van der Waals surface area contributed by atoms with Gasteiger partial charge < -0.3 is 4.90 Å². The first kappa shape index (κ1) is 11.0. The quantitative estimate of drug-likeness (QED) is 0.761. The predicted octanol–water partition coefficient (Wildman–Crippen LogP) is 1.36. The molecule has 1 amide bonds. The summed E-state index contributed by atoms with van der Waals surface area (Å²) < 4.78 is 0. The third-order valence-electron chi connectivity index (χ3n) is 1.88. The van der Waals surface area contributed by atoms with Crippen LogP contribution in [0.25, 0.3) is 0 Å². The number of carbonyl (C=O) groups excluding carboxylic acids is 1. The topological polar surface area (TPSA) is 33.2 Å². The van der Waals surface area contributed by atoms with Crippen molar-refractivity contribution in [3.05, 3.63) is 30.1 Å². The van der Waals surface area contributed by atoms with Gasteiger partial charge >= 0.3 is 0 Å². The van der Waals surface area contributed by atoms with Gasteiger partial charge in [0.15, 0.2) is 0 Å². The number of pyridine rings is 1. The third-order valence-corrected chi connectivity index (χ3v) is 2.10. The van der Waals surface area contributed by atoms with E-state index < -0.39 is 0 Å². The molecule has 0 aliphatic carbocycles. The summed E-state index contributed by atoms with van der Waals surface area (Å²) >= 11 is 4.02. The molecule has 3 nitrogen and oxygen atoms in total. The van der Waals surface area contributed by atoms with Gasteiger partial charge in [-0.2, -0.15) is 12.6 Å². The van der Waals surface area contributed by atoms with Crippen molar-refractivity contribution in [3.8, 4) is 0 Å². The first-order valence-corrected chi connectivity index (χ1v) is 5.12. The Morgan fingerprint density at radius 3 is 2.93 bits per heavy atom. The summed E-state index contributed by atoms with van der Waals surface area (Å²) in [4.78, 5) is 17.2. The number of hydrogen-bond donors (Lipinski definition) is 1. The van der Waals surface area contributed by atoms with Crippen molar-refractivity contribution in [2.24, 2.45) is 0 Å². The lowest BCUT2D eigenvalue weighted by atomic mass is 10.3. The van der Waals surface area contributed by atoms with Gasteiger partial charge in [0, 0.05) is 19.7 Å². The Balaban J connectivity index is 2.49. The molecule has 1 aromatic rings. The summed E-state index contributed by atoms with van der Waals surface area (Å²) in [6.07, 6.45) is 2.21. The molecule has 0 N–H and O–H groups in total. The van der Waals surface area contributed by atoms with Crippen molar-refractivity contribution in [2.45, 2.75) is 13.0 Å². The molecule has 14 heavy (non-hydrogen) atoms. The van der Waals surface area contributed by atoms with E-state index in [0.29, 0.717) is 18.7 Å². The molecule has 0 saturated carbocycles. The first-order valence-electron chi connectivity index (χ1n) is 4.48. The standard InChI is InChI=1S/C10H14N2OS/c1-12(10(13)5-7-14)8-9-4-2-3-6-11-9/h2-4,6,14H,5,7-8H2,1H3. The Labute approximate surface area is 89.6 Å². The van der Waals surface area contributed by atoms with Gasteiger partial charge in [0.2, 0.25) is 5.91 Å². The molecule has 0 spiro atoms. The fraction of sp³-hybridized carbons (Fsp3) is 0.400. The smallest absolute Gasteiger partial charge is 0.223 e. The van der Waals surface area contributed by atoms with Gasteiger partial charge in [0.1, 0.15) is 0 Å². The van der Waals surface area contributed by atoms with Crippen molar-refractivity contribution in [1.82, 2.24) is 9.88 Å². The van der Waals surface area contributed by atoms with E-state index in [4.69, 9.17) is 0 Å². The summed E-state index contributed by atoms with van der Waals surface area (Å²) in [5.74, 6) is 0.691. The normalized spacial score (nSPS) is 9.86. The van der Waals surface area contributed by atoms with Gasteiger partial charge in [0.05, 0.1) is 12.2 Å². The van der Waals surface area contributed by atoms with E-state index in [9.17, 15) is 4.79 Å². The van der Waals surface area contributed by atoms with E-state index in [1.165, 1.54) is 0 Å². The van der Waals surface area contributed by atoms with E-state index in [1.807, 2.05) is 18.2 Å². The van der Waals surface area contributed by atoms with Crippen LogP contribution in [0.1, 0.15) is 12.1 Å². The number of nitrogens with zero attached hydrogens (tertiary/aromatic N) is 2. The summed E-state index contributed by atoms with van der Waals surface area (Å²) in [6, 6.07) is 5.68. The van der Waals surface area contributed by atoms with Crippen LogP contribution < -0.4 is 0 Å². The molecule has 0 aliphatic heterocycles. The Bertz CT molecular complexity index is 289. The molecular weight excluding hydrogens is 196 g/mol. The number of rotatable bonds is 4. The molecule has 0 fully saturated rings. The lowest BCUT2D eigenvalue weighted by Crippen LogP contribution is -2.26. The van der Waals surface area contributed by atoms with Crippen LogP contribution in [-0.4, -0.2) is 28.6 Å². The minimum atomic E-state index is 0.102. The molecule has 1 aromatic heterocycles. The minimum Gasteiger partial charge on any atom is -0.340 e. The Morgan fingerprint density at radius 2 is 2.36 bits per heavy atom. The zero-order valence-electron chi connectivity index (χ0n) is 8.18. The van der Waals surface area contributed by atoms with Crippen LogP contribution in [0.3, 0.4) is 0 Å². The molecular formula is C10H14N2OS. The Kier molecular flexibility index (Phi) is 4.46. The number of thiol groups is 1. The molecule has 0 atom stereocenters. The predicted molar refractivity (Wildman–Crippen MR) is 59.2 cm³/mol. The molecule has 0 unspecified atom stereocenters. The maximum atomic E-state index is 11.4. The SMILES string of the molecule is CN(Cc1ccccn1)C(=O)CCS. The highest BCUT2D eigenvalue weighted by molar-refractivity contribution is 7.80. The van der Waals surface area contributed by atoms with Crippen LogP contribution in [-0.2, 0) is 11.3 Å². The zero-order chi connectivity index (χ0) is 10.4. The van der Waals surface area contributed by atoms with Gasteiger partial charge in [-0.15, -0.1) is 0 Å². The first-order chi connectivity index (χ1) is 6.74. The van der Waals surface area contributed by atoms with Crippen molar-refractivity contribution in [3.63, 3.8) is 0 Å². The van der Waals surface area contributed by atoms with E-state index in [-0.39, 0.29) is 5.91 Å². The molecule has 76 valence electrons. The van der Waals surface area contributed by atoms with E-state index in [2.05, 4.69) is 17.6 Å². The van der Waals surface area contributed by atoms with E-state index in [0.717, 1.165) is 5.69 Å². The second-order valence-corrected chi connectivity index (χ2v) is 3.49. The highest BCUT2D eigenvalue weighted by Gasteiger charge is 2.07. The number of carbonyl (C=O) groups is 1. The maximum absolute atomic E-state index is 11.4. The Hall–Kier alpha value is -1.03. The van der Waals surface area contributed by atoms with Crippen molar-refractivity contribution in [1.29, 1.82) is 0 Å². The zero-order valence-corrected chi connectivity index (χ0v) is 9.08. The van der Waals surface area contributed by atoms with Gasteiger partial charge in [-0.25, -0.2) is 0 Å². The number of aromatic nitrogens is 1. The monoisotopic (exact) mass is 210 g/mol.